The Morgan fingerprint density at radius 2 is 1.73 bits per heavy atom. The van der Waals surface area contributed by atoms with Crippen molar-refractivity contribution in [3.05, 3.63) is 0 Å². The van der Waals surface area contributed by atoms with Gasteiger partial charge in [-0.3, -0.25) is 4.79 Å². The molecule has 0 bridgehead atoms. The third-order valence-corrected chi connectivity index (χ3v) is 5.36. The summed E-state index contributed by atoms with van der Waals surface area (Å²) in [6, 6.07) is 2.67. The summed E-state index contributed by atoms with van der Waals surface area (Å²) >= 11 is 0. The van der Waals surface area contributed by atoms with Crippen molar-refractivity contribution >= 4 is 11.9 Å². The van der Waals surface area contributed by atoms with Gasteiger partial charge in [0.15, 0.2) is 0 Å². The maximum absolute atomic E-state index is 12.7. The molecule has 1 atom stereocenters. The Kier molecular flexibility index (Phi) is 7.27. The largest absolute Gasteiger partial charge is 0.326 e. The van der Waals surface area contributed by atoms with Crippen molar-refractivity contribution in [2.75, 3.05) is 26.2 Å². The van der Waals surface area contributed by atoms with E-state index in [2.05, 4.69) is 11.4 Å². The first-order chi connectivity index (χ1) is 12.3. The molecule has 26 heavy (non-hydrogen) atoms. The molecule has 2 aliphatic rings. The third-order valence-electron chi connectivity index (χ3n) is 5.36. The lowest BCUT2D eigenvalue weighted by molar-refractivity contribution is -0.130. The van der Waals surface area contributed by atoms with E-state index in [0.29, 0.717) is 19.6 Å². The number of hydrogen-bond acceptors (Lipinski definition) is 4. The summed E-state index contributed by atoms with van der Waals surface area (Å²) in [5, 5.41) is 12.4. The molecule has 0 spiro atoms. The number of likely N-dealkylation sites (tertiary alicyclic amines) is 2. The molecule has 0 aromatic carbocycles. The minimum Gasteiger partial charge on any atom is -0.326 e. The van der Waals surface area contributed by atoms with Crippen LogP contribution < -0.4 is 5.32 Å². The van der Waals surface area contributed by atoms with Crippen LogP contribution in [-0.2, 0) is 4.79 Å². The number of amides is 3. The maximum atomic E-state index is 12.7. The first kappa shape index (κ1) is 20.5. The van der Waals surface area contributed by atoms with Gasteiger partial charge in [0.1, 0.15) is 6.04 Å². The van der Waals surface area contributed by atoms with Gasteiger partial charge < -0.3 is 20.0 Å². The number of urea groups is 1. The Morgan fingerprint density at radius 1 is 1.12 bits per heavy atom. The lowest BCUT2D eigenvalue weighted by Crippen LogP contribution is -2.54. The molecular formula is C19H33N5O2. The summed E-state index contributed by atoms with van der Waals surface area (Å²) in [4.78, 5) is 30.6. The molecule has 0 aliphatic carbocycles. The summed E-state index contributed by atoms with van der Waals surface area (Å²) in [6.07, 6.45) is 3.40. The zero-order valence-corrected chi connectivity index (χ0v) is 16.6. The van der Waals surface area contributed by atoms with E-state index in [9.17, 15) is 9.59 Å². The van der Waals surface area contributed by atoms with Crippen molar-refractivity contribution in [2.45, 2.75) is 77.5 Å². The highest BCUT2D eigenvalue weighted by Gasteiger charge is 2.31. The normalized spacial score (nSPS) is 21.3. The van der Waals surface area contributed by atoms with Crippen LogP contribution in [0.15, 0.2) is 0 Å². The van der Waals surface area contributed by atoms with Gasteiger partial charge in [0, 0.05) is 37.8 Å². The van der Waals surface area contributed by atoms with Crippen molar-refractivity contribution in [2.24, 2.45) is 0 Å². The highest BCUT2D eigenvalue weighted by Crippen LogP contribution is 2.18. The molecule has 0 aromatic heterocycles. The first-order valence-corrected chi connectivity index (χ1v) is 9.84. The lowest BCUT2D eigenvalue weighted by atomic mass is 10.1. The van der Waals surface area contributed by atoms with E-state index >= 15 is 0 Å². The molecule has 2 rings (SSSR count). The van der Waals surface area contributed by atoms with Crippen LogP contribution in [0.2, 0.25) is 0 Å². The number of nitrogens with one attached hydrogen (secondary N) is 1. The average Bonchev–Trinajstić information content (AvgIpc) is 3.08. The predicted molar refractivity (Wildman–Crippen MR) is 100 cm³/mol. The standard InChI is InChI=1S/C19H33N5O2/c1-14(2)24(15(3)4)19(26)22-10-7-16(8-11-22)21-13-18(25)23-9-5-6-17(23)12-20/h14-17,21H,5-11,13H2,1-4H3. The Labute approximate surface area is 157 Å². The second kappa shape index (κ2) is 9.22. The smallest absolute Gasteiger partial charge is 0.320 e. The van der Waals surface area contributed by atoms with Crippen LogP contribution in [0, 0.1) is 11.3 Å². The van der Waals surface area contributed by atoms with E-state index in [-0.39, 0.29) is 42.7 Å². The lowest BCUT2D eigenvalue weighted by Gasteiger charge is -2.39. The van der Waals surface area contributed by atoms with Crippen LogP contribution in [-0.4, -0.2) is 77.0 Å². The number of rotatable bonds is 5. The fourth-order valence-electron chi connectivity index (χ4n) is 4.01. The summed E-state index contributed by atoms with van der Waals surface area (Å²) in [7, 11) is 0. The topological polar surface area (TPSA) is 79.7 Å². The molecule has 3 amide bonds. The van der Waals surface area contributed by atoms with E-state index in [1.807, 2.05) is 37.5 Å². The summed E-state index contributed by atoms with van der Waals surface area (Å²) in [5.41, 5.74) is 0. The monoisotopic (exact) mass is 363 g/mol. The molecule has 1 unspecified atom stereocenters. The minimum absolute atomic E-state index is 0.0124. The van der Waals surface area contributed by atoms with Crippen molar-refractivity contribution < 1.29 is 9.59 Å². The summed E-state index contributed by atoms with van der Waals surface area (Å²) in [5.74, 6) is 0.0124. The van der Waals surface area contributed by atoms with E-state index in [1.54, 1.807) is 4.90 Å². The van der Waals surface area contributed by atoms with Gasteiger partial charge in [-0.05, 0) is 53.4 Å². The van der Waals surface area contributed by atoms with Crippen LogP contribution in [0.25, 0.3) is 0 Å². The molecule has 7 heteroatoms. The highest BCUT2D eigenvalue weighted by molar-refractivity contribution is 5.79. The number of nitriles is 1. The second-order valence-corrected chi connectivity index (χ2v) is 7.89. The first-order valence-electron chi connectivity index (χ1n) is 9.84. The zero-order valence-electron chi connectivity index (χ0n) is 16.6. The van der Waals surface area contributed by atoms with E-state index in [0.717, 1.165) is 25.7 Å². The Hall–Kier alpha value is -1.81. The number of carbonyl (C=O) groups is 2. The average molecular weight is 364 g/mol. The Morgan fingerprint density at radius 3 is 2.27 bits per heavy atom. The van der Waals surface area contributed by atoms with Crippen LogP contribution in [0.3, 0.4) is 0 Å². The predicted octanol–water partition coefficient (Wildman–Crippen LogP) is 1.79. The summed E-state index contributed by atoms with van der Waals surface area (Å²) < 4.78 is 0. The van der Waals surface area contributed by atoms with Gasteiger partial charge in [-0.25, -0.2) is 4.79 Å². The molecular weight excluding hydrogens is 330 g/mol. The van der Waals surface area contributed by atoms with Gasteiger partial charge in [-0.1, -0.05) is 0 Å². The van der Waals surface area contributed by atoms with Gasteiger partial charge in [0.2, 0.25) is 5.91 Å². The molecule has 146 valence electrons. The van der Waals surface area contributed by atoms with Crippen LogP contribution in [0.5, 0.6) is 0 Å². The number of nitrogens with zero attached hydrogens (tertiary/aromatic N) is 4. The van der Waals surface area contributed by atoms with Crippen LogP contribution in [0.4, 0.5) is 4.79 Å². The fourth-order valence-corrected chi connectivity index (χ4v) is 4.01. The van der Waals surface area contributed by atoms with Gasteiger partial charge in [-0.2, -0.15) is 5.26 Å². The highest BCUT2D eigenvalue weighted by atomic mass is 16.2. The van der Waals surface area contributed by atoms with Crippen LogP contribution in [0.1, 0.15) is 53.4 Å². The van der Waals surface area contributed by atoms with Crippen molar-refractivity contribution in [1.82, 2.24) is 20.0 Å². The van der Waals surface area contributed by atoms with Gasteiger partial charge in [-0.15, -0.1) is 0 Å². The molecule has 2 saturated heterocycles. The Bertz CT molecular complexity index is 527. The quantitative estimate of drug-likeness (QED) is 0.808. The second-order valence-electron chi connectivity index (χ2n) is 7.89. The van der Waals surface area contributed by atoms with Crippen LogP contribution >= 0.6 is 0 Å². The molecule has 7 nitrogen and oxygen atoms in total. The molecule has 1 N–H and O–H groups in total. The zero-order chi connectivity index (χ0) is 19.3. The molecule has 2 heterocycles. The van der Waals surface area contributed by atoms with Crippen molar-refractivity contribution in [3.63, 3.8) is 0 Å². The van der Waals surface area contributed by atoms with Gasteiger partial charge in [0.05, 0.1) is 12.6 Å². The molecule has 0 aromatic rings. The van der Waals surface area contributed by atoms with Gasteiger partial charge in [0.25, 0.3) is 0 Å². The number of carbonyl (C=O) groups excluding carboxylic acids is 2. The summed E-state index contributed by atoms with van der Waals surface area (Å²) in [6.45, 7) is 10.6. The number of hydrogen-bond donors (Lipinski definition) is 1. The van der Waals surface area contributed by atoms with Gasteiger partial charge >= 0.3 is 6.03 Å². The van der Waals surface area contributed by atoms with E-state index < -0.39 is 0 Å². The Balaban J connectivity index is 1.77. The number of piperidine rings is 1. The third kappa shape index (κ3) is 4.88. The molecule has 0 radical (unpaired) electrons. The van der Waals surface area contributed by atoms with Crippen molar-refractivity contribution in [1.29, 1.82) is 5.26 Å². The molecule has 2 fully saturated rings. The maximum Gasteiger partial charge on any atom is 0.320 e. The van der Waals surface area contributed by atoms with E-state index in [1.165, 1.54) is 0 Å². The SMILES string of the molecule is CC(C)N(C(=O)N1CCC(NCC(=O)N2CCCC2C#N)CC1)C(C)C. The molecule has 0 saturated carbocycles. The van der Waals surface area contributed by atoms with Crippen molar-refractivity contribution in [3.8, 4) is 6.07 Å². The molecule has 2 aliphatic heterocycles. The fraction of sp³-hybridized carbons (Fsp3) is 0.842. The van der Waals surface area contributed by atoms with E-state index in [4.69, 9.17) is 5.26 Å². The minimum atomic E-state index is -0.262.